The van der Waals surface area contributed by atoms with Gasteiger partial charge in [0.15, 0.2) is 0 Å². The fraction of sp³-hybridized carbons (Fsp3) is 0.316. The number of carbonyl (C=O) groups excluding carboxylic acids is 2. The molecule has 0 heterocycles. The summed E-state index contributed by atoms with van der Waals surface area (Å²) in [5.74, 6) is -2.36. The van der Waals surface area contributed by atoms with Crippen LogP contribution in [0.2, 0.25) is 5.02 Å². The number of carboxylic acids is 1. The molecule has 2 rings (SSSR count). The fourth-order valence-electron chi connectivity index (χ4n) is 2.69. The quantitative estimate of drug-likeness (QED) is 0.562. The van der Waals surface area contributed by atoms with Gasteiger partial charge in [0.25, 0.3) is 0 Å². The molecule has 0 aliphatic rings. The minimum Gasteiger partial charge on any atom is -0.480 e. The number of aliphatic carboxylic acids is 1. The average Bonchev–Trinajstić information content (AvgIpc) is 2.66. The maximum Gasteiger partial charge on any atom is 0.318 e. The third-order valence-electron chi connectivity index (χ3n) is 4.14. The van der Waals surface area contributed by atoms with Crippen LogP contribution in [0.4, 0.5) is 0 Å². The molecule has 156 valence electrons. The molecule has 29 heavy (non-hydrogen) atoms. The molecular formula is C19H20ClNO7S. The Kier molecular flexibility index (Phi) is 7.72. The molecule has 0 aliphatic carbocycles. The van der Waals surface area contributed by atoms with E-state index in [0.717, 1.165) is 5.39 Å². The van der Waals surface area contributed by atoms with Crippen molar-refractivity contribution in [3.05, 3.63) is 41.4 Å². The van der Waals surface area contributed by atoms with Crippen LogP contribution in [0.3, 0.4) is 0 Å². The summed E-state index contributed by atoms with van der Waals surface area (Å²) < 4.78 is 31.0. The molecule has 0 spiro atoms. The van der Waals surface area contributed by atoms with Gasteiger partial charge in [0.1, 0.15) is 12.3 Å². The average molecular weight is 442 g/mol. The highest BCUT2D eigenvalue weighted by Gasteiger charge is 2.28. The number of ketones is 1. The maximum absolute atomic E-state index is 13.0. The lowest BCUT2D eigenvalue weighted by Crippen LogP contribution is -2.39. The van der Waals surface area contributed by atoms with Gasteiger partial charge < -0.3 is 9.84 Å². The third-order valence-corrected chi connectivity index (χ3v) is 6.16. The highest BCUT2D eigenvalue weighted by Crippen LogP contribution is 2.24. The zero-order valence-corrected chi connectivity index (χ0v) is 17.2. The van der Waals surface area contributed by atoms with E-state index in [1.807, 2.05) is 0 Å². The smallest absolute Gasteiger partial charge is 0.318 e. The second-order valence-corrected chi connectivity index (χ2v) is 8.66. The molecule has 8 nitrogen and oxygen atoms in total. The fourth-order valence-corrected chi connectivity index (χ4v) is 4.28. The van der Waals surface area contributed by atoms with E-state index >= 15 is 0 Å². The first-order valence-electron chi connectivity index (χ1n) is 8.63. The number of benzene rings is 2. The van der Waals surface area contributed by atoms with Crippen molar-refractivity contribution in [2.75, 3.05) is 20.2 Å². The number of carboxylic acid groups (broad SMARTS) is 1. The van der Waals surface area contributed by atoms with Crippen molar-refractivity contribution in [3.8, 4) is 0 Å². The number of nitrogens with zero attached hydrogens (tertiary/aromatic N) is 1. The van der Waals surface area contributed by atoms with Crippen LogP contribution in [0.1, 0.15) is 19.3 Å². The van der Waals surface area contributed by atoms with Gasteiger partial charge in [-0.2, -0.15) is 4.31 Å². The topological polar surface area (TPSA) is 118 Å². The van der Waals surface area contributed by atoms with E-state index in [1.165, 1.54) is 19.2 Å². The highest BCUT2D eigenvalue weighted by atomic mass is 35.5. The van der Waals surface area contributed by atoms with Crippen molar-refractivity contribution in [2.24, 2.45) is 0 Å². The predicted octanol–water partition coefficient (Wildman–Crippen LogP) is 2.48. The van der Waals surface area contributed by atoms with Crippen molar-refractivity contribution in [1.82, 2.24) is 4.31 Å². The van der Waals surface area contributed by atoms with Crippen molar-refractivity contribution in [3.63, 3.8) is 0 Å². The van der Waals surface area contributed by atoms with E-state index in [0.29, 0.717) is 14.7 Å². The molecule has 0 saturated carbocycles. The van der Waals surface area contributed by atoms with Gasteiger partial charge >= 0.3 is 11.9 Å². The molecule has 2 aromatic carbocycles. The van der Waals surface area contributed by atoms with E-state index < -0.39 is 40.8 Å². The van der Waals surface area contributed by atoms with Gasteiger partial charge in [-0.15, -0.1) is 0 Å². The summed E-state index contributed by atoms with van der Waals surface area (Å²) in [6.07, 6.45) is 0.126. The number of fused-ring (bicyclic) bond motifs is 1. The Balaban J connectivity index is 2.23. The van der Waals surface area contributed by atoms with Gasteiger partial charge in [-0.05, 0) is 41.5 Å². The lowest BCUT2D eigenvalue weighted by atomic mass is 10.1. The van der Waals surface area contributed by atoms with Crippen molar-refractivity contribution >= 4 is 50.1 Å². The third kappa shape index (κ3) is 6.25. The summed E-state index contributed by atoms with van der Waals surface area (Å²) in [5.41, 5.74) is 0. The second-order valence-electron chi connectivity index (χ2n) is 6.29. The number of rotatable bonds is 10. The molecule has 0 aliphatic heterocycles. The number of esters is 1. The number of ether oxygens (including phenoxy) is 1. The Bertz CT molecular complexity index is 1040. The molecular weight excluding hydrogens is 422 g/mol. The summed E-state index contributed by atoms with van der Waals surface area (Å²) >= 11 is 5.93. The summed E-state index contributed by atoms with van der Waals surface area (Å²) in [4.78, 5) is 34.3. The molecule has 1 N–H and O–H groups in total. The van der Waals surface area contributed by atoms with Gasteiger partial charge in [0, 0.05) is 17.9 Å². The Morgan fingerprint density at radius 1 is 1.03 bits per heavy atom. The molecule has 0 fully saturated rings. The van der Waals surface area contributed by atoms with Crippen LogP contribution in [0.5, 0.6) is 0 Å². The van der Waals surface area contributed by atoms with E-state index in [-0.39, 0.29) is 24.2 Å². The summed E-state index contributed by atoms with van der Waals surface area (Å²) in [6.45, 7) is -1.46. The summed E-state index contributed by atoms with van der Waals surface area (Å²) in [7, 11) is -3.01. The van der Waals surface area contributed by atoms with Crippen LogP contribution >= 0.6 is 11.6 Å². The van der Waals surface area contributed by atoms with E-state index in [9.17, 15) is 22.8 Å². The van der Waals surface area contributed by atoms with Crippen LogP contribution in [0.25, 0.3) is 10.8 Å². The van der Waals surface area contributed by atoms with Gasteiger partial charge in [0.2, 0.25) is 10.0 Å². The zero-order chi connectivity index (χ0) is 21.6. The lowest BCUT2D eigenvalue weighted by Gasteiger charge is -2.20. The second kappa shape index (κ2) is 9.82. The van der Waals surface area contributed by atoms with Crippen LogP contribution in [0, 0.1) is 0 Å². The van der Waals surface area contributed by atoms with E-state index in [1.54, 1.807) is 24.3 Å². The molecule has 0 radical (unpaired) electrons. The molecule has 2 aromatic rings. The Morgan fingerprint density at radius 3 is 2.34 bits per heavy atom. The van der Waals surface area contributed by atoms with Crippen molar-refractivity contribution < 1.29 is 32.6 Å². The summed E-state index contributed by atoms with van der Waals surface area (Å²) in [6, 6.07) is 9.23. The molecule has 0 saturated heterocycles. The van der Waals surface area contributed by atoms with E-state index in [4.69, 9.17) is 16.7 Å². The number of hydrogen-bond donors (Lipinski definition) is 1. The minimum absolute atomic E-state index is 0.0150. The number of Topliss-reactive ketones (excluding diaryl/α,β-unsaturated/α-hetero) is 1. The number of carbonyl (C=O) groups is 3. The standard InChI is InChI=1S/C19H20ClNO7S/c1-28-19(25)4-2-3-16(22)11-21(12-18(23)24)29(26,27)17-8-6-13-9-15(20)7-5-14(13)10-17/h5-10H,2-4,11-12H2,1H3,(H,23,24). The highest BCUT2D eigenvalue weighted by molar-refractivity contribution is 7.89. The molecule has 0 aromatic heterocycles. The number of hydrogen-bond acceptors (Lipinski definition) is 6. The normalized spacial score (nSPS) is 11.6. The van der Waals surface area contributed by atoms with Gasteiger partial charge in [-0.3, -0.25) is 14.4 Å². The Hall–Kier alpha value is -2.49. The van der Waals surface area contributed by atoms with Gasteiger partial charge in [-0.1, -0.05) is 23.7 Å². The van der Waals surface area contributed by atoms with Crippen LogP contribution in [0.15, 0.2) is 41.3 Å². The molecule has 10 heteroatoms. The van der Waals surface area contributed by atoms with Gasteiger partial charge in [0.05, 0.1) is 18.6 Å². The Labute approximate surface area is 173 Å². The first kappa shape index (κ1) is 22.8. The zero-order valence-electron chi connectivity index (χ0n) is 15.6. The largest absolute Gasteiger partial charge is 0.480 e. The van der Waals surface area contributed by atoms with Crippen molar-refractivity contribution in [2.45, 2.75) is 24.2 Å². The number of methoxy groups -OCH3 is 1. The molecule has 0 atom stereocenters. The first-order valence-corrected chi connectivity index (χ1v) is 10.4. The summed E-state index contributed by atoms with van der Waals surface area (Å²) in [5, 5.41) is 10.9. The molecule has 0 bridgehead atoms. The molecule has 0 amide bonds. The van der Waals surface area contributed by atoms with Crippen molar-refractivity contribution in [1.29, 1.82) is 0 Å². The number of halogens is 1. The minimum atomic E-state index is -4.23. The monoisotopic (exact) mass is 441 g/mol. The Morgan fingerprint density at radius 2 is 1.69 bits per heavy atom. The molecule has 0 unspecified atom stereocenters. The first-order chi connectivity index (χ1) is 13.6. The van der Waals surface area contributed by atoms with Crippen LogP contribution < -0.4 is 0 Å². The predicted molar refractivity (Wildman–Crippen MR) is 106 cm³/mol. The van der Waals surface area contributed by atoms with Crippen LogP contribution in [-0.2, 0) is 29.1 Å². The van der Waals surface area contributed by atoms with Crippen LogP contribution in [-0.4, -0.2) is 55.8 Å². The van der Waals surface area contributed by atoms with Gasteiger partial charge in [-0.25, -0.2) is 8.42 Å². The SMILES string of the molecule is COC(=O)CCCC(=O)CN(CC(=O)O)S(=O)(=O)c1ccc2cc(Cl)ccc2c1. The maximum atomic E-state index is 13.0. The van der Waals surface area contributed by atoms with E-state index in [2.05, 4.69) is 4.74 Å². The number of sulfonamides is 1. The lowest BCUT2D eigenvalue weighted by molar-refractivity contribution is -0.140.